The van der Waals surface area contributed by atoms with Gasteiger partial charge in [-0.2, -0.15) is 0 Å². The van der Waals surface area contributed by atoms with E-state index in [2.05, 4.69) is 49.9 Å². The van der Waals surface area contributed by atoms with Crippen molar-refractivity contribution in [3.8, 4) is 0 Å². The van der Waals surface area contributed by atoms with Crippen LogP contribution >= 0.6 is 0 Å². The molecule has 0 saturated carbocycles. The first-order chi connectivity index (χ1) is 7.71. The van der Waals surface area contributed by atoms with Crippen LogP contribution in [0.5, 0.6) is 0 Å². The number of hydrogen-bond acceptors (Lipinski definition) is 2. The van der Waals surface area contributed by atoms with E-state index in [4.69, 9.17) is 5.73 Å². The molecule has 2 nitrogen and oxygen atoms in total. The van der Waals surface area contributed by atoms with Gasteiger partial charge in [0.15, 0.2) is 0 Å². The monoisotopic (exact) mass is 220 g/mol. The predicted molar refractivity (Wildman–Crippen MR) is 70.2 cm³/mol. The van der Waals surface area contributed by atoms with Crippen LogP contribution in [0.4, 0.5) is 0 Å². The fraction of sp³-hybridized carbons (Fsp3) is 0.571. The van der Waals surface area contributed by atoms with Crippen LogP contribution in [-0.2, 0) is 13.1 Å². The molecule has 0 aliphatic heterocycles. The van der Waals surface area contributed by atoms with E-state index in [1.807, 2.05) is 0 Å². The summed E-state index contributed by atoms with van der Waals surface area (Å²) < 4.78 is 0. The first-order valence-electron chi connectivity index (χ1n) is 6.23. The Labute approximate surface area is 99.5 Å². The Morgan fingerprint density at radius 3 is 2.50 bits per heavy atom. The second-order valence-corrected chi connectivity index (χ2v) is 4.34. The molecule has 0 saturated heterocycles. The summed E-state index contributed by atoms with van der Waals surface area (Å²) in [6.45, 7) is 9.50. The summed E-state index contributed by atoms with van der Waals surface area (Å²) in [6.07, 6.45) is 1.20. The van der Waals surface area contributed by atoms with Gasteiger partial charge in [0.1, 0.15) is 0 Å². The third-order valence-electron chi connectivity index (χ3n) is 3.23. The molecule has 0 aliphatic carbocycles. The summed E-state index contributed by atoms with van der Waals surface area (Å²) in [5.41, 5.74) is 8.24. The molecule has 1 aromatic rings. The SMILES string of the molecule is CCC(C)N(CC)Cc1cccc(CN)c1. The maximum atomic E-state index is 5.65. The Balaban J connectivity index is 2.69. The van der Waals surface area contributed by atoms with E-state index >= 15 is 0 Å². The lowest BCUT2D eigenvalue weighted by Crippen LogP contribution is -2.31. The summed E-state index contributed by atoms with van der Waals surface area (Å²) in [6, 6.07) is 9.23. The molecule has 0 spiro atoms. The summed E-state index contributed by atoms with van der Waals surface area (Å²) in [4.78, 5) is 2.50. The van der Waals surface area contributed by atoms with Crippen molar-refractivity contribution in [2.45, 2.75) is 46.3 Å². The van der Waals surface area contributed by atoms with E-state index < -0.39 is 0 Å². The van der Waals surface area contributed by atoms with Crippen LogP contribution in [0.25, 0.3) is 0 Å². The van der Waals surface area contributed by atoms with E-state index in [0.29, 0.717) is 12.6 Å². The van der Waals surface area contributed by atoms with E-state index in [1.54, 1.807) is 0 Å². The van der Waals surface area contributed by atoms with Gasteiger partial charge in [-0.3, -0.25) is 4.90 Å². The molecule has 2 N–H and O–H groups in total. The third kappa shape index (κ3) is 3.62. The quantitative estimate of drug-likeness (QED) is 0.798. The van der Waals surface area contributed by atoms with Crippen molar-refractivity contribution in [3.05, 3.63) is 35.4 Å². The van der Waals surface area contributed by atoms with Crippen molar-refractivity contribution in [1.82, 2.24) is 4.90 Å². The van der Waals surface area contributed by atoms with Crippen molar-refractivity contribution >= 4 is 0 Å². The summed E-state index contributed by atoms with van der Waals surface area (Å²) in [5, 5.41) is 0. The van der Waals surface area contributed by atoms with Crippen LogP contribution < -0.4 is 5.73 Å². The zero-order valence-corrected chi connectivity index (χ0v) is 10.7. The van der Waals surface area contributed by atoms with Crippen LogP contribution in [0.2, 0.25) is 0 Å². The maximum absolute atomic E-state index is 5.65. The first-order valence-corrected chi connectivity index (χ1v) is 6.23. The minimum atomic E-state index is 0.628. The molecule has 0 heterocycles. The molecule has 0 aromatic heterocycles. The van der Waals surface area contributed by atoms with Gasteiger partial charge in [-0.1, -0.05) is 38.1 Å². The fourth-order valence-corrected chi connectivity index (χ4v) is 1.93. The van der Waals surface area contributed by atoms with Crippen molar-refractivity contribution in [2.24, 2.45) is 5.73 Å². The van der Waals surface area contributed by atoms with Crippen LogP contribution in [0.15, 0.2) is 24.3 Å². The maximum Gasteiger partial charge on any atom is 0.0236 e. The number of rotatable bonds is 6. The number of nitrogens with zero attached hydrogens (tertiary/aromatic N) is 1. The second-order valence-electron chi connectivity index (χ2n) is 4.34. The molecule has 1 aromatic carbocycles. The summed E-state index contributed by atoms with van der Waals surface area (Å²) in [7, 11) is 0. The highest BCUT2D eigenvalue weighted by Crippen LogP contribution is 2.11. The molecule has 0 bridgehead atoms. The summed E-state index contributed by atoms with van der Waals surface area (Å²) in [5.74, 6) is 0. The largest absolute Gasteiger partial charge is 0.326 e. The third-order valence-corrected chi connectivity index (χ3v) is 3.23. The smallest absolute Gasteiger partial charge is 0.0236 e. The van der Waals surface area contributed by atoms with Gasteiger partial charge in [0, 0.05) is 19.1 Å². The normalized spacial score (nSPS) is 13.1. The van der Waals surface area contributed by atoms with Crippen LogP contribution in [0, 0.1) is 0 Å². The average Bonchev–Trinajstić information content (AvgIpc) is 2.35. The van der Waals surface area contributed by atoms with Gasteiger partial charge in [0.2, 0.25) is 0 Å². The molecular weight excluding hydrogens is 196 g/mol. The molecule has 90 valence electrons. The van der Waals surface area contributed by atoms with Gasteiger partial charge in [-0.15, -0.1) is 0 Å². The standard InChI is InChI=1S/C14H24N2/c1-4-12(3)16(5-2)11-14-8-6-7-13(9-14)10-15/h6-9,12H,4-5,10-11,15H2,1-3H3. The Bertz CT molecular complexity index is 309. The molecule has 0 aliphatic rings. The minimum absolute atomic E-state index is 0.628. The minimum Gasteiger partial charge on any atom is -0.326 e. The van der Waals surface area contributed by atoms with Crippen LogP contribution in [0.1, 0.15) is 38.3 Å². The van der Waals surface area contributed by atoms with E-state index in [9.17, 15) is 0 Å². The molecule has 2 heteroatoms. The van der Waals surface area contributed by atoms with Crippen LogP contribution in [-0.4, -0.2) is 17.5 Å². The molecule has 16 heavy (non-hydrogen) atoms. The molecule has 0 fully saturated rings. The Morgan fingerprint density at radius 1 is 1.25 bits per heavy atom. The molecule has 0 radical (unpaired) electrons. The Kier molecular flexibility index (Phi) is 5.50. The molecule has 1 atom stereocenters. The molecule has 1 unspecified atom stereocenters. The predicted octanol–water partition coefficient (Wildman–Crippen LogP) is 2.77. The van der Waals surface area contributed by atoms with Crippen molar-refractivity contribution in [3.63, 3.8) is 0 Å². The number of nitrogens with two attached hydrogens (primary N) is 1. The van der Waals surface area contributed by atoms with E-state index in [-0.39, 0.29) is 0 Å². The van der Waals surface area contributed by atoms with Crippen molar-refractivity contribution < 1.29 is 0 Å². The van der Waals surface area contributed by atoms with Gasteiger partial charge in [0.25, 0.3) is 0 Å². The number of hydrogen-bond donors (Lipinski definition) is 1. The zero-order chi connectivity index (χ0) is 12.0. The molecule has 0 amide bonds. The lowest BCUT2D eigenvalue weighted by atomic mass is 10.1. The highest BCUT2D eigenvalue weighted by molar-refractivity contribution is 5.23. The van der Waals surface area contributed by atoms with Crippen molar-refractivity contribution in [1.29, 1.82) is 0 Å². The highest BCUT2D eigenvalue weighted by Gasteiger charge is 2.10. The van der Waals surface area contributed by atoms with Gasteiger partial charge in [0.05, 0.1) is 0 Å². The Morgan fingerprint density at radius 2 is 1.94 bits per heavy atom. The average molecular weight is 220 g/mol. The summed E-state index contributed by atoms with van der Waals surface area (Å²) >= 11 is 0. The number of benzene rings is 1. The zero-order valence-electron chi connectivity index (χ0n) is 10.7. The second kappa shape index (κ2) is 6.66. The van der Waals surface area contributed by atoms with Gasteiger partial charge in [-0.25, -0.2) is 0 Å². The van der Waals surface area contributed by atoms with Crippen molar-refractivity contribution in [2.75, 3.05) is 6.54 Å². The first kappa shape index (κ1) is 13.2. The molecule has 1 rings (SSSR count). The van der Waals surface area contributed by atoms with E-state index in [1.165, 1.54) is 17.5 Å². The van der Waals surface area contributed by atoms with E-state index in [0.717, 1.165) is 13.1 Å². The van der Waals surface area contributed by atoms with Gasteiger partial charge in [-0.05, 0) is 31.0 Å². The van der Waals surface area contributed by atoms with Gasteiger partial charge >= 0.3 is 0 Å². The van der Waals surface area contributed by atoms with Gasteiger partial charge < -0.3 is 5.73 Å². The Hall–Kier alpha value is -0.860. The fourth-order valence-electron chi connectivity index (χ4n) is 1.93. The molecular formula is C14H24N2. The highest BCUT2D eigenvalue weighted by atomic mass is 15.1. The lowest BCUT2D eigenvalue weighted by Gasteiger charge is -2.27. The lowest BCUT2D eigenvalue weighted by molar-refractivity contribution is 0.206. The van der Waals surface area contributed by atoms with Crippen LogP contribution in [0.3, 0.4) is 0 Å². The topological polar surface area (TPSA) is 29.3 Å².